The molecule has 0 saturated carbocycles. The summed E-state index contributed by atoms with van der Waals surface area (Å²) in [5.74, 6) is 0.512. The third-order valence-electron chi connectivity index (χ3n) is 4.60. The molecule has 3 nitrogen and oxygen atoms in total. The van der Waals surface area contributed by atoms with Crippen LogP contribution >= 0.6 is 22.6 Å². The number of unbranched alkanes of at least 4 members (excludes halogenated alkanes) is 9. The van der Waals surface area contributed by atoms with E-state index in [9.17, 15) is 10.2 Å². The van der Waals surface area contributed by atoms with Crippen molar-refractivity contribution in [3.63, 3.8) is 0 Å². The van der Waals surface area contributed by atoms with Gasteiger partial charge in [-0.2, -0.15) is 0 Å². The SMILES string of the molecule is CCCCCCCCCCCCc1cc(O)c(SC2=CNS(=S)S2)cc1O. The van der Waals surface area contributed by atoms with Gasteiger partial charge in [0.1, 0.15) is 11.5 Å². The molecule has 27 heavy (non-hydrogen) atoms. The molecule has 1 aliphatic rings. The zero-order chi connectivity index (χ0) is 19.5. The fourth-order valence-corrected chi connectivity index (χ4v) is 7.79. The topological polar surface area (TPSA) is 52.5 Å². The lowest BCUT2D eigenvalue weighted by atomic mass is 10.0. The molecule has 0 radical (unpaired) electrons. The van der Waals surface area contributed by atoms with Crippen molar-refractivity contribution in [3.05, 3.63) is 28.1 Å². The number of rotatable bonds is 13. The second kappa shape index (κ2) is 13.0. The summed E-state index contributed by atoms with van der Waals surface area (Å²) in [5.41, 5.74) is 0.839. The molecule has 1 unspecified atom stereocenters. The van der Waals surface area contributed by atoms with E-state index in [0.717, 1.165) is 22.6 Å². The highest BCUT2D eigenvalue weighted by atomic mass is 33.3. The molecule has 0 aliphatic carbocycles. The molecule has 0 spiro atoms. The van der Waals surface area contributed by atoms with Crippen molar-refractivity contribution in [2.75, 3.05) is 0 Å². The average molecular weight is 446 g/mol. The molecule has 7 heteroatoms. The Morgan fingerprint density at radius 1 is 0.963 bits per heavy atom. The minimum absolute atomic E-state index is 0.234. The molecular formula is C20H31NO2S4. The summed E-state index contributed by atoms with van der Waals surface area (Å²) in [6.07, 6.45) is 15.6. The van der Waals surface area contributed by atoms with Crippen LogP contribution in [0.4, 0.5) is 0 Å². The molecule has 0 aromatic heterocycles. The first-order valence-electron chi connectivity index (χ1n) is 9.89. The van der Waals surface area contributed by atoms with E-state index in [1.807, 2.05) is 6.20 Å². The lowest BCUT2D eigenvalue weighted by Gasteiger charge is -2.10. The smallest absolute Gasteiger partial charge is 0.130 e. The predicted molar refractivity (Wildman–Crippen MR) is 125 cm³/mol. The van der Waals surface area contributed by atoms with Gasteiger partial charge in [-0.3, -0.25) is 0 Å². The molecule has 1 heterocycles. The number of hydrogen-bond donors (Lipinski definition) is 3. The Bertz CT molecular complexity index is 649. The summed E-state index contributed by atoms with van der Waals surface area (Å²) in [6, 6.07) is 3.39. The third-order valence-corrected chi connectivity index (χ3v) is 9.21. The Kier molecular flexibility index (Phi) is 11.0. The van der Waals surface area contributed by atoms with Crippen LogP contribution in [0, 0.1) is 0 Å². The molecule has 1 aromatic rings. The summed E-state index contributed by atoms with van der Waals surface area (Å²) in [5, 5.41) is 20.6. The number of nitrogens with one attached hydrogen (secondary N) is 1. The molecule has 0 bridgehead atoms. The molecule has 0 saturated heterocycles. The van der Waals surface area contributed by atoms with Crippen LogP contribution in [0.2, 0.25) is 0 Å². The van der Waals surface area contributed by atoms with E-state index in [-0.39, 0.29) is 20.2 Å². The van der Waals surface area contributed by atoms with Crippen LogP contribution in [0.5, 0.6) is 11.5 Å². The van der Waals surface area contributed by atoms with Crippen molar-refractivity contribution in [1.82, 2.24) is 4.72 Å². The van der Waals surface area contributed by atoms with Crippen molar-refractivity contribution < 1.29 is 10.2 Å². The van der Waals surface area contributed by atoms with E-state index in [2.05, 4.69) is 11.6 Å². The first-order chi connectivity index (χ1) is 13.1. The molecule has 0 amide bonds. The molecule has 3 N–H and O–H groups in total. The summed E-state index contributed by atoms with van der Waals surface area (Å²) in [6.45, 7) is 2.25. The van der Waals surface area contributed by atoms with Gasteiger partial charge in [0.25, 0.3) is 0 Å². The van der Waals surface area contributed by atoms with E-state index in [0.29, 0.717) is 4.90 Å². The Hall–Kier alpha value is -0.370. The highest BCUT2D eigenvalue weighted by Crippen LogP contribution is 2.44. The van der Waals surface area contributed by atoms with Crippen LogP contribution in [0.25, 0.3) is 0 Å². The second-order valence-electron chi connectivity index (χ2n) is 6.88. The maximum absolute atomic E-state index is 10.3. The fraction of sp³-hybridized carbons (Fsp3) is 0.600. The first kappa shape index (κ1) is 22.9. The van der Waals surface area contributed by atoms with Gasteiger partial charge in [-0.1, -0.05) is 76.5 Å². The van der Waals surface area contributed by atoms with Crippen molar-refractivity contribution in [2.24, 2.45) is 0 Å². The molecule has 1 aromatic carbocycles. The maximum Gasteiger partial charge on any atom is 0.130 e. The lowest BCUT2D eigenvalue weighted by Crippen LogP contribution is -1.95. The number of benzene rings is 1. The van der Waals surface area contributed by atoms with Gasteiger partial charge < -0.3 is 14.9 Å². The highest BCUT2D eigenvalue weighted by molar-refractivity contribution is 8.85. The summed E-state index contributed by atoms with van der Waals surface area (Å²) in [7, 11) is 1.26. The van der Waals surface area contributed by atoms with Gasteiger partial charge >= 0.3 is 0 Å². The zero-order valence-corrected chi connectivity index (χ0v) is 19.3. The number of phenolic OH excluding ortho intramolecular Hbond substituents is 2. The van der Waals surface area contributed by atoms with Gasteiger partial charge in [0.2, 0.25) is 0 Å². The number of hydrogen-bond acceptors (Lipinski definition) is 5. The minimum atomic E-state index is -0.311. The molecule has 152 valence electrons. The molecule has 2 rings (SSSR count). The Labute approximate surface area is 178 Å². The van der Waals surface area contributed by atoms with Gasteiger partial charge in [0.15, 0.2) is 0 Å². The number of aromatic hydroxyl groups is 2. The number of phenols is 2. The lowest BCUT2D eigenvalue weighted by molar-refractivity contribution is 0.442. The predicted octanol–water partition coefficient (Wildman–Crippen LogP) is 6.70. The van der Waals surface area contributed by atoms with E-state index in [4.69, 9.17) is 11.2 Å². The van der Waals surface area contributed by atoms with Gasteiger partial charge in [0.05, 0.1) is 9.13 Å². The van der Waals surface area contributed by atoms with E-state index in [1.54, 1.807) is 22.9 Å². The maximum atomic E-state index is 10.3. The molecule has 1 aliphatic heterocycles. The van der Waals surface area contributed by atoms with Crippen molar-refractivity contribution in [3.8, 4) is 11.5 Å². The second-order valence-corrected chi connectivity index (χ2v) is 12.7. The van der Waals surface area contributed by atoms with Crippen LogP contribution in [0.1, 0.15) is 76.7 Å². The molecular weight excluding hydrogens is 414 g/mol. The standard InChI is InChI=1S/C20H31NO2S4/c1-2-3-4-5-6-7-8-9-10-11-12-16-13-18(23)19(14-17(16)22)25-20-15-21-27(24)26-20/h13-15,21-23H,2-12H2,1H3. The van der Waals surface area contributed by atoms with Crippen LogP contribution in [-0.2, 0) is 26.3 Å². The quantitative estimate of drug-likeness (QED) is 0.178. The third kappa shape index (κ3) is 8.67. The Morgan fingerprint density at radius 2 is 1.59 bits per heavy atom. The van der Waals surface area contributed by atoms with Crippen molar-refractivity contribution in [1.29, 1.82) is 0 Å². The fourth-order valence-electron chi connectivity index (χ4n) is 3.06. The average Bonchev–Trinajstić information content (AvgIpc) is 3.05. The Balaban J connectivity index is 1.66. The van der Waals surface area contributed by atoms with Crippen LogP contribution in [0.15, 0.2) is 27.5 Å². The van der Waals surface area contributed by atoms with E-state index >= 15 is 0 Å². The minimum Gasteiger partial charge on any atom is -0.508 e. The summed E-state index contributed by atoms with van der Waals surface area (Å²) < 4.78 is 4.09. The van der Waals surface area contributed by atoms with Gasteiger partial charge in [-0.25, -0.2) is 0 Å². The van der Waals surface area contributed by atoms with Gasteiger partial charge in [-0.05, 0) is 52.5 Å². The number of thioether (sulfide) groups is 1. The van der Waals surface area contributed by atoms with Crippen LogP contribution in [-0.4, -0.2) is 10.2 Å². The van der Waals surface area contributed by atoms with Crippen molar-refractivity contribution >= 4 is 42.4 Å². The highest BCUT2D eigenvalue weighted by Gasteiger charge is 2.15. The van der Waals surface area contributed by atoms with E-state index in [1.165, 1.54) is 69.5 Å². The van der Waals surface area contributed by atoms with Crippen LogP contribution < -0.4 is 4.72 Å². The zero-order valence-electron chi connectivity index (χ0n) is 16.0. The van der Waals surface area contributed by atoms with Gasteiger partial charge in [-0.15, -0.1) is 0 Å². The summed E-state index contributed by atoms with van der Waals surface area (Å²) >= 11 is 6.63. The van der Waals surface area contributed by atoms with E-state index < -0.39 is 0 Å². The monoisotopic (exact) mass is 445 g/mol. The largest absolute Gasteiger partial charge is 0.508 e. The summed E-state index contributed by atoms with van der Waals surface area (Å²) in [4.78, 5) is 0.675. The molecule has 1 atom stereocenters. The van der Waals surface area contributed by atoms with Gasteiger partial charge in [0, 0.05) is 14.9 Å². The number of aryl methyl sites for hydroxylation is 1. The normalized spacial score (nSPS) is 16.3. The Morgan fingerprint density at radius 3 is 2.19 bits per heavy atom. The van der Waals surface area contributed by atoms with Crippen LogP contribution in [0.3, 0.4) is 0 Å². The van der Waals surface area contributed by atoms with Crippen molar-refractivity contribution in [2.45, 2.75) is 82.4 Å². The first-order valence-corrected chi connectivity index (χ1v) is 14.2. The molecule has 0 fully saturated rings.